The number of nitrogens with zero attached hydrogens (tertiary/aromatic N) is 2. The predicted octanol–water partition coefficient (Wildman–Crippen LogP) is 3.58. The maximum absolute atomic E-state index is 11.8. The fourth-order valence-electron chi connectivity index (χ4n) is 1.75. The maximum atomic E-state index is 11.8. The second-order valence-electron chi connectivity index (χ2n) is 5.67. The smallest absolute Gasteiger partial charge is 0.408 e. The lowest BCUT2D eigenvalue weighted by Crippen LogP contribution is -2.45. The molecule has 0 saturated heterocycles. The van der Waals surface area contributed by atoms with E-state index in [-0.39, 0.29) is 12.4 Å². The zero-order valence-corrected chi connectivity index (χ0v) is 12.4. The molecule has 0 aromatic heterocycles. The molecular weight excluding hydrogens is 270 g/mol. The Kier molecular flexibility index (Phi) is 5.73. The van der Waals surface area contributed by atoms with E-state index in [1.807, 2.05) is 51.1 Å². The summed E-state index contributed by atoms with van der Waals surface area (Å²) < 4.78 is 5.10. The van der Waals surface area contributed by atoms with Crippen LogP contribution in [0.1, 0.15) is 26.3 Å². The number of alkyl carbamates (subject to hydrolysis) is 1. The highest BCUT2D eigenvalue weighted by Crippen LogP contribution is 2.24. The van der Waals surface area contributed by atoms with Crippen LogP contribution in [0.3, 0.4) is 0 Å². The van der Waals surface area contributed by atoms with Crippen molar-refractivity contribution in [3.05, 3.63) is 52.8 Å². The van der Waals surface area contributed by atoms with E-state index in [4.69, 9.17) is 10.1 Å². The molecule has 0 fully saturated rings. The van der Waals surface area contributed by atoms with Crippen LogP contribution in [0.25, 0.3) is 4.98 Å². The average molecular weight is 290 g/mol. The Labute approximate surface area is 124 Å². The van der Waals surface area contributed by atoms with Crippen molar-refractivity contribution in [1.29, 1.82) is 5.39 Å². The van der Waals surface area contributed by atoms with Gasteiger partial charge in [0.1, 0.15) is 12.6 Å². The van der Waals surface area contributed by atoms with Gasteiger partial charge in [-0.15, -0.1) is 0 Å². The lowest BCUT2D eigenvalue weighted by Gasteiger charge is -2.29. The summed E-state index contributed by atoms with van der Waals surface area (Å²) in [6.07, 6.45) is 0.226. The van der Waals surface area contributed by atoms with Gasteiger partial charge < -0.3 is 15.2 Å². The Balaban J connectivity index is 2.65. The van der Waals surface area contributed by atoms with Crippen LogP contribution in [-0.2, 0) is 11.3 Å². The number of ether oxygens (including phenoxy) is 1. The number of diazo groups is 1. The number of nitrogens with one attached hydrogen (secondary N) is 1. The minimum absolute atomic E-state index is 0.137. The highest BCUT2D eigenvalue weighted by atomic mass is 16.5. The van der Waals surface area contributed by atoms with Crippen molar-refractivity contribution >= 4 is 6.09 Å². The molecular formula is C15H20N3O3+. The van der Waals surface area contributed by atoms with Gasteiger partial charge in [0, 0.05) is 0 Å². The third-order valence-electron chi connectivity index (χ3n) is 2.83. The van der Waals surface area contributed by atoms with Crippen LogP contribution < -0.4 is 5.32 Å². The Morgan fingerprint density at radius 3 is 2.57 bits per heavy atom. The molecule has 0 radical (unpaired) electrons. The van der Waals surface area contributed by atoms with Crippen molar-refractivity contribution < 1.29 is 14.6 Å². The third-order valence-corrected chi connectivity index (χ3v) is 2.83. The molecule has 0 aliphatic heterocycles. The zero-order chi connectivity index (χ0) is 15.9. The van der Waals surface area contributed by atoms with Crippen LogP contribution in [0.15, 0.2) is 42.3 Å². The molecule has 1 atom stereocenters. The summed E-state index contributed by atoms with van der Waals surface area (Å²) in [5.74, 6) is -0.248. The minimum atomic E-state index is -0.725. The summed E-state index contributed by atoms with van der Waals surface area (Å²) in [4.78, 5) is 14.6. The predicted molar refractivity (Wildman–Crippen MR) is 78.8 cm³/mol. The summed E-state index contributed by atoms with van der Waals surface area (Å²) in [6, 6.07) is 8.54. The number of rotatable bonds is 4. The lowest BCUT2D eigenvalue weighted by molar-refractivity contribution is 0.123. The Hall–Kier alpha value is -2.55. The Bertz CT molecular complexity index is 542. The SMILES string of the molecule is CC(C)(C)[C@H](NC(=O)OCc1ccccc1)/C(O)=C/[N+]#N. The number of amides is 1. The summed E-state index contributed by atoms with van der Waals surface area (Å²) >= 11 is 0. The first-order valence-corrected chi connectivity index (χ1v) is 6.55. The molecule has 2 N–H and O–H groups in total. The number of aliphatic hydroxyl groups excluding tert-OH is 1. The molecule has 1 rings (SSSR count). The van der Waals surface area contributed by atoms with Crippen molar-refractivity contribution in [1.82, 2.24) is 5.32 Å². The van der Waals surface area contributed by atoms with Crippen LogP contribution in [0, 0.1) is 10.8 Å². The van der Waals surface area contributed by atoms with Crippen molar-refractivity contribution in [2.75, 3.05) is 0 Å². The van der Waals surface area contributed by atoms with Crippen LogP contribution in [0.4, 0.5) is 4.79 Å². The quantitative estimate of drug-likeness (QED) is 0.655. The van der Waals surface area contributed by atoms with E-state index in [1.54, 1.807) is 0 Å². The van der Waals surface area contributed by atoms with Gasteiger partial charge in [-0.1, -0.05) is 51.1 Å². The third kappa shape index (κ3) is 5.53. The molecule has 21 heavy (non-hydrogen) atoms. The molecule has 0 aliphatic carbocycles. The monoisotopic (exact) mass is 290 g/mol. The highest BCUT2D eigenvalue weighted by Gasteiger charge is 2.32. The summed E-state index contributed by atoms with van der Waals surface area (Å²) in [5, 5.41) is 20.9. The summed E-state index contributed by atoms with van der Waals surface area (Å²) in [6.45, 7) is 5.63. The molecule has 0 unspecified atom stereocenters. The number of benzene rings is 1. The first-order chi connectivity index (χ1) is 9.84. The first kappa shape index (κ1) is 16.5. The van der Waals surface area contributed by atoms with E-state index in [1.165, 1.54) is 0 Å². The number of carbonyl (C=O) groups excluding carboxylic acids is 1. The highest BCUT2D eigenvalue weighted by molar-refractivity contribution is 5.68. The van der Waals surface area contributed by atoms with Crippen molar-refractivity contribution in [3.8, 4) is 0 Å². The lowest BCUT2D eigenvalue weighted by atomic mass is 9.86. The summed E-state index contributed by atoms with van der Waals surface area (Å²) in [7, 11) is 0. The van der Waals surface area contributed by atoms with Gasteiger partial charge in [0.15, 0.2) is 4.98 Å². The molecule has 112 valence electrons. The van der Waals surface area contributed by atoms with E-state index >= 15 is 0 Å². The van der Waals surface area contributed by atoms with Gasteiger partial charge in [0.2, 0.25) is 11.2 Å². The fraction of sp³-hybridized carbons (Fsp3) is 0.400. The second-order valence-corrected chi connectivity index (χ2v) is 5.67. The second kappa shape index (κ2) is 7.29. The summed E-state index contributed by atoms with van der Waals surface area (Å²) in [5.41, 5.74) is 0.391. The molecule has 0 heterocycles. The average Bonchev–Trinajstić information content (AvgIpc) is 2.42. The van der Waals surface area contributed by atoms with Gasteiger partial charge >= 0.3 is 12.3 Å². The molecule has 0 aliphatic rings. The van der Waals surface area contributed by atoms with Gasteiger partial charge in [-0.3, -0.25) is 0 Å². The van der Waals surface area contributed by atoms with Crippen LogP contribution >= 0.6 is 0 Å². The number of aliphatic hydroxyl groups is 1. The number of carbonyl (C=O) groups is 1. The Morgan fingerprint density at radius 2 is 2.05 bits per heavy atom. The topological polar surface area (TPSA) is 86.7 Å². The van der Waals surface area contributed by atoms with Gasteiger partial charge in [-0.2, -0.15) is 0 Å². The maximum Gasteiger partial charge on any atom is 0.408 e. The first-order valence-electron chi connectivity index (χ1n) is 6.55. The van der Waals surface area contributed by atoms with Crippen molar-refractivity contribution in [3.63, 3.8) is 0 Å². The minimum Gasteiger partial charge on any atom is -0.504 e. The molecule has 0 saturated carbocycles. The van der Waals surface area contributed by atoms with E-state index in [9.17, 15) is 9.90 Å². The number of hydrogen-bond donors (Lipinski definition) is 2. The largest absolute Gasteiger partial charge is 0.504 e. The van der Waals surface area contributed by atoms with Crippen molar-refractivity contribution in [2.24, 2.45) is 5.41 Å². The van der Waals surface area contributed by atoms with E-state index in [0.29, 0.717) is 0 Å². The van der Waals surface area contributed by atoms with E-state index in [2.05, 4.69) is 10.3 Å². The molecule has 1 aromatic rings. The van der Waals surface area contributed by atoms with Crippen molar-refractivity contribution in [2.45, 2.75) is 33.4 Å². The zero-order valence-electron chi connectivity index (χ0n) is 12.4. The molecule has 6 nitrogen and oxygen atoms in total. The molecule has 6 heteroatoms. The molecule has 0 bridgehead atoms. The van der Waals surface area contributed by atoms with Gasteiger partial charge in [0.25, 0.3) is 0 Å². The van der Waals surface area contributed by atoms with Crippen LogP contribution in [0.5, 0.6) is 0 Å². The van der Waals surface area contributed by atoms with Crippen LogP contribution in [0.2, 0.25) is 0 Å². The molecule has 1 amide bonds. The van der Waals surface area contributed by atoms with Gasteiger partial charge in [-0.25, -0.2) is 4.79 Å². The van der Waals surface area contributed by atoms with Crippen LogP contribution in [-0.4, -0.2) is 17.2 Å². The fourth-order valence-corrected chi connectivity index (χ4v) is 1.75. The van der Waals surface area contributed by atoms with E-state index in [0.717, 1.165) is 11.8 Å². The normalized spacial score (nSPS) is 13.1. The van der Waals surface area contributed by atoms with Gasteiger partial charge in [0.05, 0.1) is 0 Å². The standard InChI is InChI=1S/C15H19N3O3/c1-15(2,3)13(12(19)9-17-16)18-14(20)21-10-11-7-5-4-6-8-11/h4-9,13H,10H2,1-3H3,(H-,18,19,20)/p+1/b12-9-/t13-/m1/s1. The molecule has 0 spiro atoms. The number of hydrogen-bond acceptors (Lipinski definition) is 4. The molecule has 1 aromatic carbocycles. The van der Waals surface area contributed by atoms with E-state index < -0.39 is 17.6 Å². The Morgan fingerprint density at radius 1 is 1.43 bits per heavy atom. The van der Waals surface area contributed by atoms with Gasteiger partial charge in [-0.05, 0) is 11.0 Å².